The zero-order chi connectivity index (χ0) is 15.4. The molecule has 0 radical (unpaired) electrons. The van der Waals surface area contributed by atoms with Crippen molar-refractivity contribution in [2.45, 2.75) is 31.7 Å². The predicted octanol–water partition coefficient (Wildman–Crippen LogP) is 1.93. The Bertz CT molecular complexity index is 519. The molecule has 2 N–H and O–H groups in total. The minimum atomic E-state index is 0.0223. The van der Waals surface area contributed by atoms with Crippen molar-refractivity contribution in [3.63, 3.8) is 0 Å². The van der Waals surface area contributed by atoms with E-state index < -0.39 is 0 Å². The molecule has 0 spiro atoms. The van der Waals surface area contributed by atoms with Gasteiger partial charge in [0.1, 0.15) is 0 Å². The van der Waals surface area contributed by atoms with Gasteiger partial charge in [0.2, 0.25) is 5.91 Å². The SMILES string of the molecule is O=C(NCC1CCCN(c2ccncc2Br)C1)C1CCCN1. The average molecular weight is 367 g/mol. The van der Waals surface area contributed by atoms with Crippen molar-refractivity contribution < 1.29 is 4.79 Å². The highest BCUT2D eigenvalue weighted by molar-refractivity contribution is 9.10. The minimum absolute atomic E-state index is 0.0223. The molecule has 1 aromatic heterocycles. The number of rotatable bonds is 4. The molecule has 3 heterocycles. The highest BCUT2D eigenvalue weighted by Gasteiger charge is 2.25. The lowest BCUT2D eigenvalue weighted by Gasteiger charge is -2.35. The maximum absolute atomic E-state index is 12.1. The molecule has 0 aliphatic carbocycles. The van der Waals surface area contributed by atoms with Crippen LogP contribution < -0.4 is 15.5 Å². The molecule has 2 fully saturated rings. The number of carbonyl (C=O) groups is 1. The second-order valence-corrected chi connectivity index (χ2v) is 7.03. The molecular formula is C16H23BrN4O. The molecule has 22 heavy (non-hydrogen) atoms. The Balaban J connectivity index is 1.52. The molecule has 2 atom stereocenters. The Labute approximate surface area is 140 Å². The number of anilines is 1. The lowest BCUT2D eigenvalue weighted by atomic mass is 9.97. The van der Waals surface area contributed by atoms with E-state index in [0.29, 0.717) is 5.92 Å². The first-order valence-corrected chi connectivity index (χ1v) is 8.89. The first-order chi connectivity index (χ1) is 10.7. The van der Waals surface area contributed by atoms with E-state index in [0.717, 1.165) is 49.9 Å². The van der Waals surface area contributed by atoms with Gasteiger partial charge in [0, 0.05) is 32.0 Å². The van der Waals surface area contributed by atoms with E-state index in [4.69, 9.17) is 0 Å². The number of pyridine rings is 1. The van der Waals surface area contributed by atoms with E-state index in [-0.39, 0.29) is 11.9 Å². The molecule has 0 bridgehead atoms. The van der Waals surface area contributed by atoms with Crippen molar-refractivity contribution in [3.05, 3.63) is 22.9 Å². The van der Waals surface area contributed by atoms with E-state index in [1.54, 1.807) is 0 Å². The monoisotopic (exact) mass is 366 g/mol. The molecule has 2 unspecified atom stereocenters. The van der Waals surface area contributed by atoms with Crippen molar-refractivity contribution in [1.29, 1.82) is 0 Å². The summed E-state index contributed by atoms with van der Waals surface area (Å²) in [5.74, 6) is 0.680. The fraction of sp³-hybridized carbons (Fsp3) is 0.625. The first-order valence-electron chi connectivity index (χ1n) is 8.09. The zero-order valence-corrected chi connectivity index (χ0v) is 14.3. The molecular weight excluding hydrogens is 344 g/mol. The Morgan fingerprint density at radius 3 is 3.14 bits per heavy atom. The van der Waals surface area contributed by atoms with Gasteiger partial charge in [-0.2, -0.15) is 0 Å². The lowest BCUT2D eigenvalue weighted by molar-refractivity contribution is -0.122. The molecule has 2 aliphatic heterocycles. The van der Waals surface area contributed by atoms with Crippen LogP contribution in [0.15, 0.2) is 22.9 Å². The van der Waals surface area contributed by atoms with Gasteiger partial charge in [-0.05, 0) is 60.1 Å². The van der Waals surface area contributed by atoms with Crippen LogP contribution in [0.4, 0.5) is 5.69 Å². The Kier molecular flexibility index (Phi) is 5.31. The minimum Gasteiger partial charge on any atom is -0.370 e. The third-order valence-corrected chi connectivity index (χ3v) is 5.16. The molecule has 5 nitrogen and oxygen atoms in total. The smallest absolute Gasteiger partial charge is 0.237 e. The summed E-state index contributed by atoms with van der Waals surface area (Å²) in [6.45, 7) is 3.79. The largest absolute Gasteiger partial charge is 0.370 e. The van der Waals surface area contributed by atoms with Crippen LogP contribution in [0, 0.1) is 5.92 Å². The molecule has 2 aliphatic rings. The molecule has 120 valence electrons. The molecule has 3 rings (SSSR count). The third kappa shape index (κ3) is 3.79. The summed E-state index contributed by atoms with van der Waals surface area (Å²) in [6, 6.07) is 2.07. The van der Waals surface area contributed by atoms with Crippen molar-refractivity contribution in [2.75, 3.05) is 31.1 Å². The summed E-state index contributed by atoms with van der Waals surface area (Å²) in [5, 5.41) is 6.38. The van der Waals surface area contributed by atoms with Crippen LogP contribution in [0.1, 0.15) is 25.7 Å². The number of carbonyl (C=O) groups excluding carboxylic acids is 1. The van der Waals surface area contributed by atoms with Crippen LogP contribution in [0.2, 0.25) is 0 Å². The Morgan fingerprint density at radius 2 is 2.36 bits per heavy atom. The number of nitrogens with zero attached hydrogens (tertiary/aromatic N) is 2. The number of hydrogen-bond donors (Lipinski definition) is 2. The van der Waals surface area contributed by atoms with Crippen LogP contribution in [-0.2, 0) is 4.79 Å². The van der Waals surface area contributed by atoms with Crippen LogP contribution in [-0.4, -0.2) is 43.1 Å². The third-order valence-electron chi connectivity index (χ3n) is 4.55. The standard InChI is InChI=1S/C16H23BrN4O/c17-13-10-18-7-5-15(13)21-8-2-3-12(11-21)9-20-16(22)14-4-1-6-19-14/h5,7,10,12,14,19H,1-4,6,8-9,11H2,(H,20,22). The predicted molar refractivity (Wildman–Crippen MR) is 90.9 cm³/mol. The van der Waals surface area contributed by atoms with E-state index in [1.165, 1.54) is 12.1 Å². The Hall–Kier alpha value is -1.14. The summed E-state index contributed by atoms with van der Waals surface area (Å²) in [7, 11) is 0. The summed E-state index contributed by atoms with van der Waals surface area (Å²) in [4.78, 5) is 18.6. The average Bonchev–Trinajstić information content (AvgIpc) is 3.08. The quantitative estimate of drug-likeness (QED) is 0.854. The first kappa shape index (κ1) is 15.7. The number of hydrogen-bond acceptors (Lipinski definition) is 4. The topological polar surface area (TPSA) is 57.3 Å². The van der Waals surface area contributed by atoms with Gasteiger partial charge in [0.25, 0.3) is 0 Å². The lowest BCUT2D eigenvalue weighted by Crippen LogP contribution is -2.45. The zero-order valence-electron chi connectivity index (χ0n) is 12.7. The number of halogens is 1. The molecule has 2 saturated heterocycles. The van der Waals surface area contributed by atoms with Crippen molar-refractivity contribution >= 4 is 27.5 Å². The second-order valence-electron chi connectivity index (χ2n) is 6.18. The fourth-order valence-corrected chi connectivity index (χ4v) is 3.85. The molecule has 1 amide bonds. The van der Waals surface area contributed by atoms with Crippen LogP contribution in [0.5, 0.6) is 0 Å². The number of amides is 1. The van der Waals surface area contributed by atoms with Gasteiger partial charge >= 0.3 is 0 Å². The molecule has 0 saturated carbocycles. The number of piperidine rings is 1. The van der Waals surface area contributed by atoms with Crippen molar-refractivity contribution in [1.82, 2.24) is 15.6 Å². The maximum Gasteiger partial charge on any atom is 0.237 e. The summed E-state index contributed by atoms with van der Waals surface area (Å²) in [5.41, 5.74) is 1.20. The van der Waals surface area contributed by atoms with Gasteiger partial charge in [-0.3, -0.25) is 9.78 Å². The maximum atomic E-state index is 12.1. The highest BCUT2D eigenvalue weighted by Crippen LogP contribution is 2.28. The molecule has 1 aromatic rings. The van der Waals surface area contributed by atoms with Gasteiger partial charge in [0.05, 0.1) is 16.2 Å². The summed E-state index contributed by atoms with van der Waals surface area (Å²) < 4.78 is 1.04. The number of nitrogens with one attached hydrogen (secondary N) is 2. The van der Waals surface area contributed by atoms with Gasteiger partial charge < -0.3 is 15.5 Å². The van der Waals surface area contributed by atoms with Gasteiger partial charge in [-0.15, -0.1) is 0 Å². The van der Waals surface area contributed by atoms with Gasteiger partial charge in [0.15, 0.2) is 0 Å². The Morgan fingerprint density at radius 1 is 1.45 bits per heavy atom. The van der Waals surface area contributed by atoms with Crippen LogP contribution >= 0.6 is 15.9 Å². The van der Waals surface area contributed by atoms with E-state index >= 15 is 0 Å². The highest BCUT2D eigenvalue weighted by atomic mass is 79.9. The number of aromatic nitrogens is 1. The molecule has 0 aromatic carbocycles. The van der Waals surface area contributed by atoms with Crippen LogP contribution in [0.3, 0.4) is 0 Å². The van der Waals surface area contributed by atoms with Crippen LogP contribution in [0.25, 0.3) is 0 Å². The molecule has 6 heteroatoms. The summed E-state index contributed by atoms with van der Waals surface area (Å²) in [6.07, 6.45) is 8.08. The fourth-order valence-electron chi connectivity index (χ4n) is 3.35. The van der Waals surface area contributed by atoms with Gasteiger partial charge in [-0.25, -0.2) is 0 Å². The summed E-state index contributed by atoms with van der Waals surface area (Å²) >= 11 is 3.58. The van der Waals surface area contributed by atoms with Crippen molar-refractivity contribution in [3.8, 4) is 0 Å². The van der Waals surface area contributed by atoms with E-state index in [9.17, 15) is 4.79 Å². The van der Waals surface area contributed by atoms with E-state index in [1.807, 2.05) is 18.5 Å². The second kappa shape index (κ2) is 7.42. The van der Waals surface area contributed by atoms with E-state index in [2.05, 4.69) is 36.4 Å². The van der Waals surface area contributed by atoms with Gasteiger partial charge in [-0.1, -0.05) is 0 Å². The van der Waals surface area contributed by atoms with Crippen molar-refractivity contribution in [2.24, 2.45) is 5.92 Å². The normalized spacial score (nSPS) is 25.2.